The van der Waals surface area contributed by atoms with Gasteiger partial charge in [-0.05, 0) is 32.1 Å². The molecule has 0 radical (unpaired) electrons. The van der Waals surface area contributed by atoms with Gasteiger partial charge in [0.15, 0.2) is 13.9 Å². The topological polar surface area (TPSA) is 42.2 Å². The summed E-state index contributed by atoms with van der Waals surface area (Å²) in [7, 11) is -0.215. The molecule has 0 bridgehead atoms. The summed E-state index contributed by atoms with van der Waals surface area (Å²) in [6.45, 7) is 8.23. The third-order valence-corrected chi connectivity index (χ3v) is 3.66. The minimum Gasteiger partial charge on any atom is -0.496 e. The Morgan fingerprint density at radius 1 is 1.28 bits per heavy atom. The molecule has 0 aromatic heterocycles. The van der Waals surface area contributed by atoms with Crippen molar-refractivity contribution in [3.63, 3.8) is 0 Å². The first-order valence-corrected chi connectivity index (χ1v) is 9.54. The fourth-order valence-electron chi connectivity index (χ4n) is 1.98. The summed E-state index contributed by atoms with van der Waals surface area (Å²) in [4.78, 5) is 0. The van der Waals surface area contributed by atoms with Gasteiger partial charge in [-0.25, -0.2) is 0 Å². The second-order valence-electron chi connectivity index (χ2n) is 5.21. The maximum Gasteiger partial charge on any atom is 0.186 e. The first kappa shape index (κ1) is 14.7. The summed E-state index contributed by atoms with van der Waals surface area (Å²) < 4.78 is 11.5. The Balaban J connectivity index is 3.32. The van der Waals surface area contributed by atoms with Crippen molar-refractivity contribution in [1.29, 1.82) is 5.26 Å². The van der Waals surface area contributed by atoms with Crippen LogP contribution in [0.5, 0.6) is 5.75 Å². The van der Waals surface area contributed by atoms with Crippen molar-refractivity contribution in [2.75, 3.05) is 7.11 Å². The molecule has 3 nitrogen and oxygen atoms in total. The number of ether oxygens (including phenoxy) is 1. The van der Waals surface area contributed by atoms with E-state index >= 15 is 0 Å². The van der Waals surface area contributed by atoms with Gasteiger partial charge >= 0.3 is 0 Å². The molecule has 0 N–H and O–H groups in total. The quantitative estimate of drug-likeness (QED) is 0.761. The highest BCUT2D eigenvalue weighted by atomic mass is 28.4. The van der Waals surface area contributed by atoms with Gasteiger partial charge in [0, 0.05) is 5.56 Å². The molecule has 1 rings (SSSR count). The number of nitrogens with zero attached hydrogens (tertiary/aromatic N) is 1. The van der Waals surface area contributed by atoms with Crippen LogP contribution in [-0.2, 0) is 10.0 Å². The van der Waals surface area contributed by atoms with Gasteiger partial charge in [0.2, 0.25) is 0 Å². The highest BCUT2D eigenvalue weighted by Gasteiger charge is 2.38. The van der Waals surface area contributed by atoms with E-state index < -0.39 is 13.9 Å². The minimum absolute atomic E-state index is 0.605. The average molecular weight is 263 g/mol. The van der Waals surface area contributed by atoms with Gasteiger partial charge < -0.3 is 9.16 Å². The summed E-state index contributed by atoms with van der Waals surface area (Å²) in [6, 6.07) is 9.93. The Labute approximate surface area is 110 Å². The highest BCUT2D eigenvalue weighted by molar-refractivity contribution is 6.69. The van der Waals surface area contributed by atoms with Crippen LogP contribution >= 0.6 is 0 Å². The summed E-state index contributed by atoms with van der Waals surface area (Å²) >= 11 is 0. The molecule has 0 heterocycles. The highest BCUT2D eigenvalue weighted by Crippen LogP contribution is 2.37. The smallest absolute Gasteiger partial charge is 0.186 e. The van der Waals surface area contributed by atoms with Gasteiger partial charge in [-0.3, -0.25) is 0 Å². The van der Waals surface area contributed by atoms with Crippen molar-refractivity contribution >= 4 is 8.32 Å². The molecule has 0 spiro atoms. The van der Waals surface area contributed by atoms with Crippen LogP contribution in [0.4, 0.5) is 0 Å². The first-order valence-electron chi connectivity index (χ1n) is 6.13. The van der Waals surface area contributed by atoms with Crippen LogP contribution in [0.3, 0.4) is 0 Å². The molecule has 0 saturated heterocycles. The zero-order valence-corrected chi connectivity index (χ0v) is 12.8. The molecule has 98 valence electrons. The summed E-state index contributed by atoms with van der Waals surface area (Å²) in [5.74, 6) is 0.708. The van der Waals surface area contributed by atoms with Gasteiger partial charge in [-0.1, -0.05) is 25.1 Å². The number of nitriles is 1. The molecule has 1 unspecified atom stereocenters. The van der Waals surface area contributed by atoms with Crippen molar-refractivity contribution in [1.82, 2.24) is 0 Å². The molecule has 0 saturated carbocycles. The summed E-state index contributed by atoms with van der Waals surface area (Å²) in [5, 5.41) is 9.60. The minimum atomic E-state index is -1.83. The van der Waals surface area contributed by atoms with E-state index in [9.17, 15) is 5.26 Å². The lowest BCUT2D eigenvalue weighted by Crippen LogP contribution is -2.39. The molecular weight excluding hydrogens is 242 g/mol. The van der Waals surface area contributed by atoms with Crippen molar-refractivity contribution in [3.8, 4) is 11.8 Å². The third-order valence-electron chi connectivity index (χ3n) is 2.70. The number of benzene rings is 1. The van der Waals surface area contributed by atoms with Crippen LogP contribution in [0.2, 0.25) is 19.6 Å². The molecular formula is C14H21NO2Si. The lowest BCUT2D eigenvalue weighted by Gasteiger charge is -2.34. The van der Waals surface area contributed by atoms with Gasteiger partial charge in [-0.15, -0.1) is 0 Å². The van der Waals surface area contributed by atoms with E-state index in [0.29, 0.717) is 12.2 Å². The number of hydrogen-bond donors (Lipinski definition) is 0. The molecule has 18 heavy (non-hydrogen) atoms. The van der Waals surface area contributed by atoms with Crippen LogP contribution < -0.4 is 4.74 Å². The number of hydrogen-bond acceptors (Lipinski definition) is 3. The van der Waals surface area contributed by atoms with Crippen molar-refractivity contribution < 1.29 is 9.16 Å². The number of para-hydroxylation sites is 1. The third kappa shape index (κ3) is 3.12. The van der Waals surface area contributed by atoms with Crippen LogP contribution in [0.25, 0.3) is 0 Å². The molecule has 0 aliphatic rings. The van der Waals surface area contributed by atoms with Crippen molar-refractivity contribution in [2.24, 2.45) is 0 Å². The predicted octanol–water partition coefficient (Wildman–Crippen LogP) is 3.68. The van der Waals surface area contributed by atoms with E-state index in [0.717, 1.165) is 5.56 Å². The second kappa shape index (κ2) is 5.55. The largest absolute Gasteiger partial charge is 0.496 e. The Bertz CT molecular complexity index is 448. The van der Waals surface area contributed by atoms with E-state index in [1.54, 1.807) is 7.11 Å². The average Bonchev–Trinajstić information content (AvgIpc) is 2.35. The monoisotopic (exact) mass is 263 g/mol. The fourth-order valence-corrected chi connectivity index (χ4v) is 3.33. The standard InChI is InChI=1S/C14H21NO2Si/c1-6-14(11-15,17-18(3,4)5)12-9-7-8-10-13(12)16-2/h7-10H,6H2,1-5H3. The van der Waals surface area contributed by atoms with Crippen LogP contribution in [0, 0.1) is 11.3 Å². The summed E-state index contributed by atoms with van der Waals surface area (Å²) in [6.07, 6.45) is 0.605. The lowest BCUT2D eigenvalue weighted by molar-refractivity contribution is 0.111. The van der Waals surface area contributed by atoms with E-state index in [-0.39, 0.29) is 0 Å². The van der Waals surface area contributed by atoms with E-state index in [1.807, 2.05) is 31.2 Å². The normalized spacial score (nSPS) is 14.7. The van der Waals surface area contributed by atoms with E-state index in [2.05, 4.69) is 25.7 Å². The zero-order chi connectivity index (χ0) is 13.8. The number of rotatable bonds is 5. The van der Waals surface area contributed by atoms with Crippen LogP contribution in [-0.4, -0.2) is 15.4 Å². The van der Waals surface area contributed by atoms with Gasteiger partial charge in [0.05, 0.1) is 7.11 Å². The van der Waals surface area contributed by atoms with E-state index in [1.165, 1.54) is 0 Å². The first-order chi connectivity index (χ1) is 8.38. The molecule has 0 aliphatic carbocycles. The number of methoxy groups -OCH3 is 1. The fraction of sp³-hybridized carbons (Fsp3) is 0.500. The Morgan fingerprint density at radius 3 is 2.33 bits per heavy atom. The van der Waals surface area contributed by atoms with Gasteiger partial charge in [-0.2, -0.15) is 5.26 Å². The van der Waals surface area contributed by atoms with Crippen LogP contribution in [0.1, 0.15) is 18.9 Å². The maximum absolute atomic E-state index is 9.60. The molecule has 0 fully saturated rings. The van der Waals surface area contributed by atoms with Crippen molar-refractivity contribution in [3.05, 3.63) is 29.8 Å². The van der Waals surface area contributed by atoms with Gasteiger partial charge in [0.1, 0.15) is 11.8 Å². The zero-order valence-electron chi connectivity index (χ0n) is 11.8. The molecule has 1 atom stereocenters. The van der Waals surface area contributed by atoms with E-state index in [4.69, 9.17) is 9.16 Å². The predicted molar refractivity (Wildman–Crippen MR) is 75.0 cm³/mol. The molecule has 0 amide bonds. The lowest BCUT2D eigenvalue weighted by atomic mass is 9.92. The Morgan fingerprint density at radius 2 is 1.89 bits per heavy atom. The molecule has 0 aliphatic heterocycles. The second-order valence-corrected chi connectivity index (χ2v) is 9.64. The summed E-state index contributed by atoms with van der Waals surface area (Å²) in [5.41, 5.74) is -0.0863. The molecule has 1 aromatic rings. The van der Waals surface area contributed by atoms with Crippen molar-refractivity contribution in [2.45, 2.75) is 38.6 Å². The SMILES string of the molecule is CCC(C#N)(O[Si](C)(C)C)c1ccccc1OC. The molecule has 4 heteroatoms. The Hall–Kier alpha value is -1.31. The van der Waals surface area contributed by atoms with Gasteiger partial charge in [0.25, 0.3) is 0 Å². The Kier molecular flexibility index (Phi) is 4.55. The molecule has 1 aromatic carbocycles. The van der Waals surface area contributed by atoms with Crippen LogP contribution in [0.15, 0.2) is 24.3 Å². The maximum atomic E-state index is 9.60.